The van der Waals surface area contributed by atoms with Crippen molar-refractivity contribution in [2.75, 3.05) is 6.54 Å². The first-order valence-electron chi connectivity index (χ1n) is 6.84. The number of alkyl carbamates (subject to hydrolysis) is 1. The van der Waals surface area contributed by atoms with Crippen LogP contribution < -0.4 is 10.6 Å². The van der Waals surface area contributed by atoms with E-state index in [4.69, 9.17) is 4.74 Å². The lowest BCUT2D eigenvalue weighted by atomic mass is 10.1. The van der Waals surface area contributed by atoms with Crippen LogP contribution in [0.25, 0.3) is 0 Å². The van der Waals surface area contributed by atoms with Gasteiger partial charge in [0.15, 0.2) is 0 Å². The average molecular weight is 258 g/mol. The van der Waals surface area contributed by atoms with E-state index in [9.17, 15) is 4.79 Å². The normalized spacial score (nSPS) is 15.3. The third-order valence-electron chi connectivity index (χ3n) is 2.81. The molecule has 0 aliphatic carbocycles. The minimum Gasteiger partial charge on any atom is -0.444 e. The summed E-state index contributed by atoms with van der Waals surface area (Å²) in [6.07, 6.45) is 0.558. The summed E-state index contributed by atoms with van der Waals surface area (Å²) >= 11 is 0. The quantitative estimate of drug-likeness (QED) is 0.770. The number of carbonyl (C=O) groups excluding carboxylic acids is 1. The Morgan fingerprint density at radius 3 is 2.17 bits per heavy atom. The highest BCUT2D eigenvalue weighted by atomic mass is 16.6. The number of nitrogens with one attached hydrogen (secondary N) is 2. The maximum atomic E-state index is 11.5. The van der Waals surface area contributed by atoms with Crippen molar-refractivity contribution in [3.05, 3.63) is 0 Å². The van der Waals surface area contributed by atoms with Crippen LogP contribution >= 0.6 is 0 Å². The Morgan fingerprint density at radius 2 is 1.72 bits per heavy atom. The summed E-state index contributed by atoms with van der Waals surface area (Å²) in [6.45, 7) is 15.0. The predicted octanol–water partition coefficient (Wildman–Crippen LogP) is 2.92. The number of carbonyl (C=O) groups is 1. The third-order valence-corrected chi connectivity index (χ3v) is 2.81. The van der Waals surface area contributed by atoms with E-state index in [1.807, 2.05) is 27.7 Å². The van der Waals surface area contributed by atoms with Gasteiger partial charge in [-0.1, -0.05) is 13.8 Å². The van der Waals surface area contributed by atoms with Crippen molar-refractivity contribution in [3.8, 4) is 0 Å². The fourth-order valence-electron chi connectivity index (χ4n) is 1.34. The molecule has 4 nitrogen and oxygen atoms in total. The number of hydrogen-bond donors (Lipinski definition) is 2. The first kappa shape index (κ1) is 17.2. The molecular weight excluding hydrogens is 228 g/mol. The van der Waals surface area contributed by atoms with Crippen LogP contribution in [0.15, 0.2) is 0 Å². The van der Waals surface area contributed by atoms with Gasteiger partial charge in [0.1, 0.15) is 5.60 Å². The lowest BCUT2D eigenvalue weighted by Crippen LogP contribution is -2.40. The second kappa shape index (κ2) is 7.62. The van der Waals surface area contributed by atoms with Crippen LogP contribution in [-0.4, -0.2) is 30.3 Å². The predicted molar refractivity (Wildman–Crippen MR) is 75.8 cm³/mol. The Kier molecular flexibility index (Phi) is 7.29. The van der Waals surface area contributed by atoms with Crippen LogP contribution in [0.1, 0.15) is 54.9 Å². The zero-order valence-corrected chi connectivity index (χ0v) is 13.0. The lowest BCUT2D eigenvalue weighted by Gasteiger charge is -2.23. The van der Waals surface area contributed by atoms with E-state index in [-0.39, 0.29) is 12.1 Å². The van der Waals surface area contributed by atoms with E-state index < -0.39 is 5.60 Å². The topological polar surface area (TPSA) is 50.4 Å². The highest BCUT2D eigenvalue weighted by Gasteiger charge is 2.17. The molecule has 0 aromatic rings. The van der Waals surface area contributed by atoms with E-state index >= 15 is 0 Å². The number of rotatable bonds is 6. The van der Waals surface area contributed by atoms with Gasteiger partial charge in [-0.3, -0.25) is 0 Å². The van der Waals surface area contributed by atoms with Crippen LogP contribution in [0.5, 0.6) is 0 Å². The molecule has 1 amide bonds. The van der Waals surface area contributed by atoms with Gasteiger partial charge in [-0.15, -0.1) is 0 Å². The molecule has 0 fully saturated rings. The average Bonchev–Trinajstić information content (AvgIpc) is 2.13. The summed E-state index contributed by atoms with van der Waals surface area (Å²) in [5, 5.41) is 6.28. The van der Waals surface area contributed by atoms with Gasteiger partial charge in [-0.25, -0.2) is 4.79 Å². The second-order valence-electron chi connectivity index (χ2n) is 6.32. The molecule has 0 radical (unpaired) electrons. The van der Waals surface area contributed by atoms with Gasteiger partial charge >= 0.3 is 6.09 Å². The zero-order valence-electron chi connectivity index (χ0n) is 13.0. The Morgan fingerprint density at radius 1 is 1.17 bits per heavy atom. The number of ether oxygens (including phenoxy) is 1. The van der Waals surface area contributed by atoms with Crippen molar-refractivity contribution < 1.29 is 9.53 Å². The van der Waals surface area contributed by atoms with Crippen LogP contribution in [0, 0.1) is 5.92 Å². The Balaban J connectivity index is 3.78. The first-order chi connectivity index (χ1) is 8.11. The summed E-state index contributed by atoms with van der Waals surface area (Å²) in [4.78, 5) is 11.5. The molecule has 2 N–H and O–H groups in total. The van der Waals surface area contributed by atoms with Crippen molar-refractivity contribution in [2.24, 2.45) is 5.92 Å². The highest BCUT2D eigenvalue weighted by Crippen LogP contribution is 2.07. The maximum Gasteiger partial charge on any atom is 0.407 e. The van der Waals surface area contributed by atoms with Gasteiger partial charge in [0, 0.05) is 12.1 Å². The van der Waals surface area contributed by atoms with E-state index in [1.54, 1.807) is 0 Å². The van der Waals surface area contributed by atoms with Gasteiger partial charge < -0.3 is 15.4 Å². The molecule has 0 spiro atoms. The second-order valence-corrected chi connectivity index (χ2v) is 6.32. The molecule has 0 heterocycles. The Labute approximate surface area is 112 Å². The number of amides is 1. The van der Waals surface area contributed by atoms with Crippen molar-refractivity contribution >= 4 is 6.09 Å². The standard InChI is InChI=1S/C14H30N2O2/c1-10(2)12(4)15-9-8-11(3)16-13(17)18-14(5,6)7/h10-12,15H,8-9H2,1-7H3,(H,16,17). The molecule has 0 saturated carbocycles. The van der Waals surface area contributed by atoms with Crippen LogP contribution in [0.3, 0.4) is 0 Å². The van der Waals surface area contributed by atoms with E-state index in [1.165, 1.54) is 0 Å². The summed E-state index contributed by atoms with van der Waals surface area (Å²) in [7, 11) is 0. The molecule has 0 saturated heterocycles. The van der Waals surface area contributed by atoms with Gasteiger partial charge in [0.05, 0.1) is 0 Å². The molecule has 0 rings (SSSR count). The minimum absolute atomic E-state index is 0.117. The number of hydrogen-bond acceptors (Lipinski definition) is 3. The molecule has 18 heavy (non-hydrogen) atoms. The van der Waals surface area contributed by atoms with E-state index in [0.717, 1.165) is 13.0 Å². The minimum atomic E-state index is -0.436. The summed E-state index contributed by atoms with van der Waals surface area (Å²) in [5.41, 5.74) is -0.436. The molecular formula is C14H30N2O2. The SMILES string of the molecule is CC(CCNC(C)C(C)C)NC(=O)OC(C)(C)C. The molecule has 0 bridgehead atoms. The molecule has 0 aromatic heterocycles. The zero-order chi connectivity index (χ0) is 14.3. The summed E-state index contributed by atoms with van der Waals surface area (Å²) < 4.78 is 5.20. The summed E-state index contributed by atoms with van der Waals surface area (Å²) in [5.74, 6) is 0.624. The smallest absolute Gasteiger partial charge is 0.407 e. The Bertz CT molecular complexity index is 247. The molecule has 2 unspecified atom stereocenters. The fraction of sp³-hybridized carbons (Fsp3) is 0.929. The maximum absolute atomic E-state index is 11.5. The molecule has 0 aromatic carbocycles. The van der Waals surface area contributed by atoms with Gasteiger partial charge in [-0.05, 0) is 53.5 Å². The van der Waals surface area contributed by atoms with Crippen LogP contribution in [0.2, 0.25) is 0 Å². The van der Waals surface area contributed by atoms with E-state index in [2.05, 4.69) is 31.4 Å². The highest BCUT2D eigenvalue weighted by molar-refractivity contribution is 5.67. The van der Waals surface area contributed by atoms with Crippen LogP contribution in [0.4, 0.5) is 4.79 Å². The fourth-order valence-corrected chi connectivity index (χ4v) is 1.34. The van der Waals surface area contributed by atoms with Gasteiger partial charge in [0.2, 0.25) is 0 Å². The monoisotopic (exact) mass is 258 g/mol. The van der Waals surface area contributed by atoms with Crippen molar-refractivity contribution in [1.29, 1.82) is 0 Å². The van der Waals surface area contributed by atoms with Crippen molar-refractivity contribution in [2.45, 2.75) is 72.6 Å². The largest absolute Gasteiger partial charge is 0.444 e. The Hall–Kier alpha value is -0.770. The molecule has 108 valence electrons. The van der Waals surface area contributed by atoms with Crippen molar-refractivity contribution in [3.63, 3.8) is 0 Å². The van der Waals surface area contributed by atoms with Crippen molar-refractivity contribution in [1.82, 2.24) is 10.6 Å². The first-order valence-corrected chi connectivity index (χ1v) is 6.84. The summed E-state index contributed by atoms with van der Waals surface area (Å²) in [6, 6.07) is 0.616. The third kappa shape index (κ3) is 9.28. The molecule has 0 aliphatic rings. The lowest BCUT2D eigenvalue weighted by molar-refractivity contribution is 0.0506. The van der Waals surface area contributed by atoms with Crippen LogP contribution in [-0.2, 0) is 4.74 Å². The molecule has 0 aliphatic heterocycles. The van der Waals surface area contributed by atoms with Gasteiger partial charge in [0.25, 0.3) is 0 Å². The molecule has 4 heteroatoms. The van der Waals surface area contributed by atoms with Gasteiger partial charge in [-0.2, -0.15) is 0 Å². The molecule has 2 atom stereocenters. The van der Waals surface area contributed by atoms with E-state index in [0.29, 0.717) is 12.0 Å².